The van der Waals surface area contributed by atoms with Gasteiger partial charge >= 0.3 is 0 Å². The van der Waals surface area contributed by atoms with Crippen molar-refractivity contribution < 1.29 is 4.79 Å². The highest BCUT2D eigenvalue weighted by Gasteiger charge is 2.28. The predicted molar refractivity (Wildman–Crippen MR) is 89.2 cm³/mol. The normalized spacial score (nSPS) is 18.0. The lowest BCUT2D eigenvalue weighted by Crippen LogP contribution is -2.33. The largest absolute Gasteiger partial charge is 0.369 e. The molecule has 1 amide bonds. The first-order chi connectivity index (χ1) is 11.1. The van der Waals surface area contributed by atoms with E-state index in [1.807, 2.05) is 43.3 Å². The van der Waals surface area contributed by atoms with Crippen LogP contribution in [0.25, 0.3) is 0 Å². The lowest BCUT2D eigenvalue weighted by Gasteiger charge is -2.22. The van der Waals surface area contributed by atoms with Crippen LogP contribution < -0.4 is 11.1 Å². The fourth-order valence-electron chi connectivity index (χ4n) is 3.00. The molecule has 3 rings (SSSR count). The number of aryl methyl sites for hydroxylation is 1. The predicted octanol–water partition coefficient (Wildman–Crippen LogP) is 2.15. The van der Waals surface area contributed by atoms with E-state index in [9.17, 15) is 4.79 Å². The molecule has 0 bridgehead atoms. The highest BCUT2D eigenvalue weighted by molar-refractivity contribution is 5.76. The first-order valence-corrected chi connectivity index (χ1v) is 7.82. The third-order valence-corrected chi connectivity index (χ3v) is 3.98. The topological polar surface area (TPSA) is 84.1 Å². The van der Waals surface area contributed by atoms with Crippen LogP contribution in [0.1, 0.15) is 30.3 Å². The van der Waals surface area contributed by atoms with Gasteiger partial charge in [0.15, 0.2) is 0 Å². The van der Waals surface area contributed by atoms with Gasteiger partial charge in [0.2, 0.25) is 5.91 Å². The second kappa shape index (κ2) is 6.75. The number of nitrogens with one attached hydrogen (secondary N) is 1. The molecule has 0 spiro atoms. The number of carbonyl (C=O) groups excluding carboxylic acids is 1. The molecule has 2 aromatic heterocycles. The van der Waals surface area contributed by atoms with Gasteiger partial charge in [-0.2, -0.15) is 0 Å². The number of nitrogens with two attached hydrogens (primary N) is 1. The lowest BCUT2D eigenvalue weighted by atomic mass is 10.1. The quantitative estimate of drug-likeness (QED) is 0.884. The Bertz CT molecular complexity index is 703. The Morgan fingerprint density at radius 1 is 1.26 bits per heavy atom. The summed E-state index contributed by atoms with van der Waals surface area (Å²) in [5.41, 5.74) is 7.25. The van der Waals surface area contributed by atoms with Gasteiger partial charge in [0, 0.05) is 5.69 Å². The fourth-order valence-corrected chi connectivity index (χ4v) is 3.00. The number of primary amides is 1. The molecule has 6 heteroatoms. The number of hydrogen-bond donors (Lipinski definition) is 2. The molecule has 2 aromatic rings. The van der Waals surface area contributed by atoms with E-state index in [2.05, 4.69) is 15.2 Å². The van der Waals surface area contributed by atoms with Crippen LogP contribution in [0.3, 0.4) is 0 Å². The van der Waals surface area contributed by atoms with Crippen molar-refractivity contribution in [1.82, 2.24) is 14.9 Å². The molecule has 120 valence electrons. The molecule has 0 radical (unpaired) electrons. The Kier molecular flexibility index (Phi) is 4.52. The summed E-state index contributed by atoms with van der Waals surface area (Å²) in [7, 11) is 0. The summed E-state index contributed by atoms with van der Waals surface area (Å²) >= 11 is 0. The SMILES string of the molecule is Cc1cccc(Nc2cccc(C3CCCN3CC(N)=O)n2)n1. The maximum Gasteiger partial charge on any atom is 0.231 e. The van der Waals surface area contributed by atoms with Gasteiger partial charge < -0.3 is 11.1 Å². The zero-order valence-corrected chi connectivity index (χ0v) is 13.2. The number of anilines is 2. The zero-order chi connectivity index (χ0) is 16.2. The van der Waals surface area contributed by atoms with Crippen LogP contribution in [0.2, 0.25) is 0 Å². The summed E-state index contributed by atoms with van der Waals surface area (Å²) in [6.45, 7) is 3.12. The lowest BCUT2D eigenvalue weighted by molar-refractivity contribution is -0.119. The average Bonchev–Trinajstić information content (AvgIpc) is 2.95. The van der Waals surface area contributed by atoms with Crippen LogP contribution in [0.5, 0.6) is 0 Å². The molecular formula is C17H21N5O. The smallest absolute Gasteiger partial charge is 0.231 e. The molecular weight excluding hydrogens is 290 g/mol. The van der Waals surface area contributed by atoms with Crippen molar-refractivity contribution >= 4 is 17.5 Å². The molecule has 1 atom stereocenters. The molecule has 23 heavy (non-hydrogen) atoms. The van der Waals surface area contributed by atoms with Crippen molar-refractivity contribution in [2.24, 2.45) is 5.73 Å². The second-order valence-electron chi connectivity index (χ2n) is 5.83. The van der Waals surface area contributed by atoms with Gasteiger partial charge in [-0.25, -0.2) is 9.97 Å². The minimum absolute atomic E-state index is 0.148. The van der Waals surface area contributed by atoms with E-state index in [4.69, 9.17) is 10.7 Å². The maximum absolute atomic E-state index is 11.2. The van der Waals surface area contributed by atoms with E-state index in [1.165, 1.54) is 0 Å². The molecule has 0 aliphatic carbocycles. The number of amides is 1. The van der Waals surface area contributed by atoms with Crippen molar-refractivity contribution in [3.8, 4) is 0 Å². The number of carbonyl (C=O) groups is 1. The van der Waals surface area contributed by atoms with Crippen LogP contribution >= 0.6 is 0 Å². The monoisotopic (exact) mass is 311 g/mol. The highest BCUT2D eigenvalue weighted by atomic mass is 16.1. The van der Waals surface area contributed by atoms with Gasteiger partial charge in [-0.3, -0.25) is 9.69 Å². The number of nitrogens with zero attached hydrogens (tertiary/aromatic N) is 3. The number of aromatic nitrogens is 2. The van der Waals surface area contributed by atoms with Crippen molar-refractivity contribution in [2.75, 3.05) is 18.4 Å². The van der Waals surface area contributed by atoms with E-state index in [-0.39, 0.29) is 18.5 Å². The van der Waals surface area contributed by atoms with Crippen molar-refractivity contribution in [3.63, 3.8) is 0 Å². The Balaban J connectivity index is 1.78. The molecule has 6 nitrogen and oxygen atoms in total. The molecule has 0 aromatic carbocycles. The van der Waals surface area contributed by atoms with Crippen LogP contribution in [0.4, 0.5) is 11.6 Å². The maximum atomic E-state index is 11.2. The highest BCUT2D eigenvalue weighted by Crippen LogP contribution is 2.31. The molecule has 1 unspecified atom stereocenters. The zero-order valence-electron chi connectivity index (χ0n) is 13.2. The van der Waals surface area contributed by atoms with Gasteiger partial charge in [0.05, 0.1) is 18.3 Å². The van der Waals surface area contributed by atoms with Crippen LogP contribution in [-0.2, 0) is 4.79 Å². The molecule has 3 heterocycles. The Morgan fingerprint density at radius 3 is 2.74 bits per heavy atom. The summed E-state index contributed by atoms with van der Waals surface area (Å²) in [5, 5.41) is 3.23. The summed E-state index contributed by atoms with van der Waals surface area (Å²) in [5.74, 6) is 1.23. The Hall–Kier alpha value is -2.47. The molecule has 0 saturated carbocycles. The molecule has 1 aliphatic heterocycles. The van der Waals surface area contributed by atoms with E-state index in [0.29, 0.717) is 0 Å². The molecule has 1 aliphatic rings. The van der Waals surface area contributed by atoms with E-state index in [1.54, 1.807) is 0 Å². The van der Waals surface area contributed by atoms with E-state index >= 15 is 0 Å². The molecule has 1 saturated heterocycles. The standard InChI is InChI=1S/C17H21N5O/c1-12-5-2-8-16(19-12)21-17-9-3-6-13(20-17)14-7-4-10-22(14)11-15(18)23/h2-3,5-6,8-9,14H,4,7,10-11H2,1H3,(H2,18,23)(H,19,20,21). The molecule has 1 fully saturated rings. The first-order valence-electron chi connectivity index (χ1n) is 7.82. The van der Waals surface area contributed by atoms with E-state index < -0.39 is 0 Å². The minimum atomic E-state index is -0.296. The van der Waals surface area contributed by atoms with Crippen molar-refractivity contribution in [2.45, 2.75) is 25.8 Å². The fraction of sp³-hybridized carbons (Fsp3) is 0.353. The summed E-state index contributed by atoms with van der Waals surface area (Å²) in [4.78, 5) is 22.4. The third-order valence-electron chi connectivity index (χ3n) is 3.98. The van der Waals surface area contributed by atoms with Gasteiger partial charge in [0.1, 0.15) is 11.6 Å². The third kappa shape index (κ3) is 3.84. The van der Waals surface area contributed by atoms with Gasteiger partial charge in [0.25, 0.3) is 0 Å². The minimum Gasteiger partial charge on any atom is -0.369 e. The van der Waals surface area contributed by atoms with Crippen LogP contribution in [0, 0.1) is 6.92 Å². The van der Waals surface area contributed by atoms with Crippen LogP contribution in [-0.4, -0.2) is 33.9 Å². The summed E-state index contributed by atoms with van der Waals surface area (Å²) < 4.78 is 0. The number of likely N-dealkylation sites (tertiary alicyclic amines) is 1. The number of rotatable bonds is 5. The van der Waals surface area contributed by atoms with E-state index in [0.717, 1.165) is 42.4 Å². The van der Waals surface area contributed by atoms with Crippen LogP contribution in [0.15, 0.2) is 36.4 Å². The summed E-state index contributed by atoms with van der Waals surface area (Å²) in [6.07, 6.45) is 2.04. The number of pyridine rings is 2. The Labute approximate surface area is 135 Å². The van der Waals surface area contributed by atoms with Gasteiger partial charge in [-0.05, 0) is 50.6 Å². The molecule has 3 N–H and O–H groups in total. The van der Waals surface area contributed by atoms with Gasteiger partial charge in [-0.15, -0.1) is 0 Å². The van der Waals surface area contributed by atoms with Crippen molar-refractivity contribution in [1.29, 1.82) is 0 Å². The first kappa shape index (κ1) is 15.4. The average molecular weight is 311 g/mol. The second-order valence-corrected chi connectivity index (χ2v) is 5.83. The summed E-state index contributed by atoms with van der Waals surface area (Å²) in [6, 6.07) is 11.9. The van der Waals surface area contributed by atoms with Crippen molar-refractivity contribution in [3.05, 3.63) is 47.8 Å². The Morgan fingerprint density at radius 2 is 2.00 bits per heavy atom. The van der Waals surface area contributed by atoms with Gasteiger partial charge in [-0.1, -0.05) is 12.1 Å². The number of hydrogen-bond acceptors (Lipinski definition) is 5.